The minimum atomic E-state index is -0.477. The van der Waals surface area contributed by atoms with Gasteiger partial charge in [0.25, 0.3) is 0 Å². The molecule has 2 aromatic rings. The maximum absolute atomic E-state index is 12.1. The molecule has 180 valence electrons. The van der Waals surface area contributed by atoms with E-state index in [4.69, 9.17) is 14.2 Å². The lowest BCUT2D eigenvalue weighted by molar-refractivity contribution is -0.383. The number of nitrogens with one attached hydrogen (secondary N) is 1. The molecular weight excluding hydrogens is 442 g/mol. The van der Waals surface area contributed by atoms with Gasteiger partial charge in [0.05, 0.1) is 23.5 Å². The molecule has 0 radical (unpaired) electrons. The van der Waals surface area contributed by atoms with E-state index in [0.717, 1.165) is 5.56 Å². The summed E-state index contributed by atoms with van der Waals surface area (Å²) in [6.07, 6.45) is 4.41. The van der Waals surface area contributed by atoms with Crippen molar-refractivity contribution < 1.29 is 23.9 Å². The Morgan fingerprint density at radius 3 is 2.71 bits per heavy atom. The number of ether oxygens (including phenoxy) is 3. The Labute approximate surface area is 196 Å². The minimum Gasteiger partial charge on any atom is -0.466 e. The van der Waals surface area contributed by atoms with Crippen LogP contribution in [0.3, 0.4) is 0 Å². The number of rotatable bonds is 9. The van der Waals surface area contributed by atoms with Crippen molar-refractivity contribution in [3.8, 4) is 0 Å². The van der Waals surface area contributed by atoms with Crippen molar-refractivity contribution in [3.05, 3.63) is 64.4 Å². The molecule has 0 saturated carbocycles. The normalized spacial score (nSPS) is 16.7. The summed E-state index contributed by atoms with van der Waals surface area (Å²) < 4.78 is 15.9. The Kier molecular flexibility index (Phi) is 7.41. The number of hydrogen-bond donors (Lipinski definition) is 1. The number of hydrogen-bond acceptors (Lipinski definition) is 10. The Bertz CT molecular complexity index is 1040. The molecule has 1 N–H and O–H groups in total. The number of benzene rings is 1. The Morgan fingerprint density at radius 2 is 2.06 bits per heavy atom. The number of nitro groups is 1. The lowest BCUT2D eigenvalue weighted by atomic mass is 9.97. The van der Waals surface area contributed by atoms with E-state index in [1.165, 1.54) is 12.6 Å². The van der Waals surface area contributed by atoms with Gasteiger partial charge >= 0.3 is 11.7 Å². The zero-order chi connectivity index (χ0) is 23.9. The van der Waals surface area contributed by atoms with Gasteiger partial charge in [-0.1, -0.05) is 30.3 Å². The van der Waals surface area contributed by atoms with Crippen molar-refractivity contribution in [2.75, 3.05) is 36.7 Å². The maximum atomic E-state index is 12.1. The first-order valence-corrected chi connectivity index (χ1v) is 11.2. The van der Waals surface area contributed by atoms with Gasteiger partial charge in [0.2, 0.25) is 18.4 Å². The quantitative estimate of drug-likeness (QED) is 0.332. The van der Waals surface area contributed by atoms with Crippen LogP contribution in [0.4, 0.5) is 17.3 Å². The van der Waals surface area contributed by atoms with Crippen LogP contribution >= 0.6 is 0 Å². The van der Waals surface area contributed by atoms with Crippen LogP contribution in [0.1, 0.15) is 25.3 Å². The molecule has 0 spiro atoms. The minimum absolute atomic E-state index is 0.0921. The Morgan fingerprint density at radius 1 is 1.29 bits per heavy atom. The van der Waals surface area contributed by atoms with Gasteiger partial charge < -0.3 is 24.4 Å². The topological polar surface area (TPSA) is 129 Å². The number of carbonyl (C=O) groups is 1. The molecule has 0 aliphatic carbocycles. The number of esters is 1. The predicted molar refractivity (Wildman–Crippen MR) is 123 cm³/mol. The summed E-state index contributed by atoms with van der Waals surface area (Å²) in [5.41, 5.74) is 0.809. The van der Waals surface area contributed by atoms with E-state index in [-0.39, 0.29) is 36.0 Å². The zero-order valence-electron chi connectivity index (χ0n) is 18.9. The predicted octanol–water partition coefficient (Wildman–Crippen LogP) is 3.03. The molecule has 0 bridgehead atoms. The lowest BCUT2D eigenvalue weighted by Gasteiger charge is -2.31. The van der Waals surface area contributed by atoms with Crippen molar-refractivity contribution in [2.24, 2.45) is 5.92 Å². The van der Waals surface area contributed by atoms with E-state index in [2.05, 4.69) is 15.3 Å². The number of nitrogens with zero attached hydrogens (tertiary/aromatic N) is 4. The first-order chi connectivity index (χ1) is 16.6. The highest BCUT2D eigenvalue weighted by Crippen LogP contribution is 2.35. The molecule has 11 nitrogen and oxygen atoms in total. The third kappa shape index (κ3) is 5.36. The summed E-state index contributed by atoms with van der Waals surface area (Å²) >= 11 is 0. The number of anilines is 2. The summed E-state index contributed by atoms with van der Waals surface area (Å²) in [5, 5.41) is 15.3. The smallest absolute Gasteiger partial charge is 0.353 e. The molecule has 1 atom stereocenters. The van der Waals surface area contributed by atoms with Gasteiger partial charge in [0.1, 0.15) is 12.6 Å². The van der Waals surface area contributed by atoms with Crippen LogP contribution in [-0.4, -0.2) is 53.4 Å². The van der Waals surface area contributed by atoms with Gasteiger partial charge in [-0.05, 0) is 31.7 Å². The summed E-state index contributed by atoms with van der Waals surface area (Å²) in [4.78, 5) is 33.9. The fraction of sp³-hybridized carbons (Fsp3) is 0.435. The van der Waals surface area contributed by atoms with Crippen LogP contribution in [0.5, 0.6) is 0 Å². The van der Waals surface area contributed by atoms with Crippen LogP contribution < -0.4 is 10.2 Å². The van der Waals surface area contributed by atoms with E-state index >= 15 is 0 Å². The molecule has 2 aliphatic heterocycles. The number of carbonyl (C=O) groups excluding carboxylic acids is 1. The summed E-state index contributed by atoms with van der Waals surface area (Å²) in [5.74, 6) is 0.420. The summed E-state index contributed by atoms with van der Waals surface area (Å²) in [7, 11) is 0. The molecule has 3 heterocycles. The Hall–Kier alpha value is -3.89. The van der Waals surface area contributed by atoms with E-state index in [0.29, 0.717) is 44.7 Å². The maximum Gasteiger partial charge on any atom is 0.353 e. The van der Waals surface area contributed by atoms with Crippen molar-refractivity contribution >= 4 is 23.3 Å². The van der Waals surface area contributed by atoms with Gasteiger partial charge in [0.15, 0.2) is 5.76 Å². The van der Waals surface area contributed by atoms with E-state index < -0.39 is 11.0 Å². The van der Waals surface area contributed by atoms with Crippen LogP contribution in [-0.2, 0) is 25.4 Å². The van der Waals surface area contributed by atoms with Crippen molar-refractivity contribution in [2.45, 2.75) is 32.2 Å². The third-order valence-electron chi connectivity index (χ3n) is 5.83. The molecular formula is C23H27N5O6. The average Bonchev–Trinajstić information content (AvgIpc) is 3.39. The van der Waals surface area contributed by atoms with E-state index in [9.17, 15) is 14.9 Å². The number of aromatic nitrogens is 2. The zero-order valence-corrected chi connectivity index (χ0v) is 18.9. The van der Waals surface area contributed by atoms with Crippen LogP contribution in [0.25, 0.3) is 0 Å². The molecule has 1 aromatic carbocycles. The molecule has 1 fully saturated rings. The first-order valence-electron chi connectivity index (χ1n) is 11.2. The fourth-order valence-corrected chi connectivity index (χ4v) is 4.13. The molecule has 4 rings (SSSR count). The molecule has 11 heteroatoms. The van der Waals surface area contributed by atoms with Crippen molar-refractivity contribution in [1.82, 2.24) is 9.97 Å². The molecule has 1 aromatic heterocycles. The van der Waals surface area contributed by atoms with Gasteiger partial charge in [0, 0.05) is 13.1 Å². The SMILES string of the molecule is CCOC(=O)C1CCN(c2ncnc(NC(Cc3ccccc3)C3=COCO3)c2[N+](=O)[O-])CC1. The van der Waals surface area contributed by atoms with E-state index in [1.807, 2.05) is 35.2 Å². The highest BCUT2D eigenvalue weighted by atomic mass is 16.7. The largest absolute Gasteiger partial charge is 0.466 e. The molecule has 2 aliphatic rings. The average molecular weight is 469 g/mol. The molecule has 1 saturated heterocycles. The third-order valence-corrected chi connectivity index (χ3v) is 5.83. The van der Waals surface area contributed by atoms with Crippen LogP contribution in [0.15, 0.2) is 48.7 Å². The second-order valence-electron chi connectivity index (χ2n) is 8.00. The molecule has 34 heavy (non-hydrogen) atoms. The summed E-state index contributed by atoms with van der Waals surface area (Å²) in [6.45, 7) is 3.11. The Balaban J connectivity index is 1.56. The molecule has 0 amide bonds. The highest BCUT2D eigenvalue weighted by Gasteiger charge is 2.33. The fourth-order valence-electron chi connectivity index (χ4n) is 4.13. The lowest BCUT2D eigenvalue weighted by Crippen LogP contribution is -2.38. The van der Waals surface area contributed by atoms with Gasteiger partial charge in [-0.2, -0.15) is 0 Å². The number of piperidine rings is 1. The highest BCUT2D eigenvalue weighted by molar-refractivity contribution is 5.74. The van der Waals surface area contributed by atoms with Crippen LogP contribution in [0.2, 0.25) is 0 Å². The first kappa shape index (κ1) is 23.3. The second-order valence-corrected chi connectivity index (χ2v) is 8.00. The van der Waals surface area contributed by atoms with Crippen molar-refractivity contribution in [3.63, 3.8) is 0 Å². The van der Waals surface area contributed by atoms with Gasteiger partial charge in [-0.15, -0.1) is 0 Å². The second kappa shape index (κ2) is 10.8. The van der Waals surface area contributed by atoms with E-state index in [1.54, 1.807) is 6.92 Å². The van der Waals surface area contributed by atoms with Crippen LogP contribution in [0, 0.1) is 16.0 Å². The standard InChI is InChI=1S/C23H27N5O6/c1-2-33-23(29)17-8-10-27(11-9-17)22-20(28(30)31)21(24-14-25-22)26-18(19-13-32-15-34-19)12-16-6-4-3-5-7-16/h3-7,13-14,17-18H,2,8-12,15H2,1H3,(H,24,25,26). The monoisotopic (exact) mass is 469 g/mol. The van der Waals surface area contributed by atoms with Gasteiger partial charge in [-0.3, -0.25) is 14.9 Å². The summed E-state index contributed by atoms with van der Waals surface area (Å²) in [6, 6.07) is 9.29. The van der Waals surface area contributed by atoms with Crippen molar-refractivity contribution in [1.29, 1.82) is 0 Å². The van der Waals surface area contributed by atoms with Gasteiger partial charge in [-0.25, -0.2) is 9.97 Å². The molecule has 1 unspecified atom stereocenters.